The van der Waals surface area contributed by atoms with Crippen LogP contribution in [0.3, 0.4) is 0 Å². The summed E-state index contributed by atoms with van der Waals surface area (Å²) < 4.78 is 5.16. The maximum atomic E-state index is 12.3. The molecule has 0 unspecified atom stereocenters. The molecular formula is C17H18O2S. The summed E-state index contributed by atoms with van der Waals surface area (Å²) in [7, 11) is 1.63. The molecule has 0 atom stereocenters. The minimum absolute atomic E-state index is 0.151. The maximum absolute atomic E-state index is 12.3. The second-order valence-electron chi connectivity index (χ2n) is 4.66. The van der Waals surface area contributed by atoms with Crippen molar-refractivity contribution in [3.8, 4) is 5.75 Å². The summed E-state index contributed by atoms with van der Waals surface area (Å²) in [6, 6.07) is 13.7. The van der Waals surface area contributed by atoms with E-state index in [1.165, 1.54) is 5.56 Å². The number of methoxy groups -OCH3 is 1. The van der Waals surface area contributed by atoms with E-state index in [0.29, 0.717) is 5.75 Å². The monoisotopic (exact) mass is 286 g/mol. The predicted molar refractivity (Wildman–Crippen MR) is 84.0 cm³/mol. The number of hydrogen-bond donors (Lipinski definition) is 0. The number of thioether (sulfide) groups is 1. The summed E-state index contributed by atoms with van der Waals surface area (Å²) in [5.41, 5.74) is 2.93. The van der Waals surface area contributed by atoms with Crippen LogP contribution < -0.4 is 4.74 Å². The number of carbonyl (C=O) groups excluding carboxylic acids is 1. The van der Waals surface area contributed by atoms with Gasteiger partial charge in [-0.25, -0.2) is 0 Å². The van der Waals surface area contributed by atoms with Crippen molar-refractivity contribution in [1.29, 1.82) is 0 Å². The average Bonchev–Trinajstić information content (AvgIpc) is 2.46. The number of ether oxygens (including phenoxy) is 1. The van der Waals surface area contributed by atoms with Crippen LogP contribution in [0.15, 0.2) is 47.4 Å². The van der Waals surface area contributed by atoms with Gasteiger partial charge >= 0.3 is 0 Å². The van der Waals surface area contributed by atoms with Crippen LogP contribution in [-0.4, -0.2) is 18.6 Å². The molecule has 0 fully saturated rings. The molecule has 0 saturated carbocycles. The third kappa shape index (κ3) is 3.42. The fourth-order valence-electron chi connectivity index (χ4n) is 2.02. The van der Waals surface area contributed by atoms with Crippen LogP contribution in [0.1, 0.15) is 21.5 Å². The Bertz CT molecular complexity index is 620. The predicted octanol–water partition coefficient (Wildman–Crippen LogP) is 4.29. The summed E-state index contributed by atoms with van der Waals surface area (Å²) in [4.78, 5) is 13.4. The first-order chi connectivity index (χ1) is 9.61. The second-order valence-corrected chi connectivity index (χ2v) is 5.68. The quantitative estimate of drug-likeness (QED) is 0.606. The molecule has 0 bridgehead atoms. The lowest BCUT2D eigenvalue weighted by Gasteiger charge is -2.08. The van der Waals surface area contributed by atoms with Gasteiger partial charge in [0.1, 0.15) is 5.75 Å². The molecule has 20 heavy (non-hydrogen) atoms. The van der Waals surface area contributed by atoms with Crippen molar-refractivity contribution in [3.05, 3.63) is 59.2 Å². The van der Waals surface area contributed by atoms with Crippen molar-refractivity contribution in [2.24, 2.45) is 0 Å². The molecule has 0 aromatic heterocycles. The van der Waals surface area contributed by atoms with Crippen LogP contribution in [0.5, 0.6) is 5.75 Å². The average molecular weight is 286 g/mol. The topological polar surface area (TPSA) is 26.3 Å². The second kappa shape index (κ2) is 6.62. The molecule has 0 aliphatic rings. The van der Waals surface area contributed by atoms with Crippen molar-refractivity contribution >= 4 is 17.5 Å². The first-order valence-corrected chi connectivity index (χ1v) is 7.46. The van der Waals surface area contributed by atoms with Crippen LogP contribution in [0.25, 0.3) is 0 Å². The molecule has 0 radical (unpaired) electrons. The fraction of sp³-hybridized carbons (Fsp3) is 0.235. The number of benzene rings is 2. The SMILES string of the molecule is COc1ccc(C(=O)CSc2ccccc2C)c(C)c1. The molecule has 2 aromatic rings. The molecule has 0 saturated heterocycles. The van der Waals surface area contributed by atoms with Crippen LogP contribution in [0, 0.1) is 13.8 Å². The van der Waals surface area contributed by atoms with E-state index in [0.717, 1.165) is 21.8 Å². The Balaban J connectivity index is 2.07. The highest BCUT2D eigenvalue weighted by atomic mass is 32.2. The molecule has 104 valence electrons. The van der Waals surface area contributed by atoms with Crippen molar-refractivity contribution < 1.29 is 9.53 Å². The molecule has 0 spiro atoms. The zero-order valence-electron chi connectivity index (χ0n) is 12.0. The lowest BCUT2D eigenvalue weighted by atomic mass is 10.1. The van der Waals surface area contributed by atoms with Crippen LogP contribution >= 0.6 is 11.8 Å². The number of ketones is 1. The fourth-order valence-corrected chi connectivity index (χ4v) is 2.93. The van der Waals surface area contributed by atoms with E-state index in [1.807, 2.05) is 43.3 Å². The van der Waals surface area contributed by atoms with Crippen molar-refractivity contribution in [3.63, 3.8) is 0 Å². The zero-order chi connectivity index (χ0) is 14.5. The number of Topliss-reactive ketones (excluding diaryl/α,β-unsaturated/α-hetero) is 1. The summed E-state index contributed by atoms with van der Waals surface area (Å²) in [5, 5.41) is 0. The van der Waals surface area contributed by atoms with Gasteiger partial charge in [-0.2, -0.15) is 0 Å². The molecule has 2 nitrogen and oxygen atoms in total. The Hall–Kier alpha value is -1.74. The third-order valence-electron chi connectivity index (χ3n) is 3.19. The Labute approximate surface area is 124 Å². The van der Waals surface area contributed by atoms with Gasteiger partial charge in [-0.1, -0.05) is 18.2 Å². The van der Waals surface area contributed by atoms with E-state index in [4.69, 9.17) is 4.74 Å². The molecule has 0 heterocycles. The summed E-state index contributed by atoms with van der Waals surface area (Å²) in [6.45, 7) is 4.00. The first-order valence-electron chi connectivity index (χ1n) is 6.48. The van der Waals surface area contributed by atoms with Gasteiger partial charge in [-0.05, 0) is 49.2 Å². The molecule has 2 rings (SSSR count). The van der Waals surface area contributed by atoms with Gasteiger partial charge < -0.3 is 4.74 Å². The molecule has 2 aromatic carbocycles. The van der Waals surface area contributed by atoms with Gasteiger partial charge in [0.05, 0.1) is 12.9 Å². The Kier molecular flexibility index (Phi) is 4.85. The summed E-state index contributed by atoms with van der Waals surface area (Å²) in [6.07, 6.45) is 0. The Morgan fingerprint density at radius 2 is 1.85 bits per heavy atom. The van der Waals surface area contributed by atoms with Crippen LogP contribution in [0.2, 0.25) is 0 Å². The normalized spacial score (nSPS) is 10.3. The highest BCUT2D eigenvalue weighted by Crippen LogP contribution is 2.24. The maximum Gasteiger partial charge on any atom is 0.173 e. The van der Waals surface area contributed by atoms with Crippen molar-refractivity contribution in [1.82, 2.24) is 0 Å². The van der Waals surface area contributed by atoms with Gasteiger partial charge in [-0.3, -0.25) is 4.79 Å². The highest BCUT2D eigenvalue weighted by molar-refractivity contribution is 8.00. The minimum atomic E-state index is 0.151. The standard InChI is InChI=1S/C17H18O2S/c1-12-6-4-5-7-17(12)20-11-16(18)15-9-8-14(19-3)10-13(15)2/h4-10H,11H2,1-3H3. The Morgan fingerprint density at radius 3 is 2.50 bits per heavy atom. The lowest BCUT2D eigenvalue weighted by Crippen LogP contribution is -2.05. The molecule has 0 aliphatic carbocycles. The van der Waals surface area contributed by atoms with E-state index < -0.39 is 0 Å². The van der Waals surface area contributed by atoms with Gasteiger partial charge in [0.25, 0.3) is 0 Å². The van der Waals surface area contributed by atoms with Gasteiger partial charge in [0.15, 0.2) is 5.78 Å². The highest BCUT2D eigenvalue weighted by Gasteiger charge is 2.11. The smallest absolute Gasteiger partial charge is 0.173 e. The van der Waals surface area contributed by atoms with E-state index in [2.05, 4.69) is 13.0 Å². The summed E-state index contributed by atoms with van der Waals surface area (Å²) >= 11 is 1.59. The lowest BCUT2D eigenvalue weighted by molar-refractivity contribution is 0.102. The van der Waals surface area contributed by atoms with E-state index in [-0.39, 0.29) is 5.78 Å². The van der Waals surface area contributed by atoms with Gasteiger partial charge in [-0.15, -0.1) is 11.8 Å². The molecular weight excluding hydrogens is 268 g/mol. The van der Waals surface area contributed by atoms with Crippen molar-refractivity contribution in [2.45, 2.75) is 18.7 Å². The zero-order valence-corrected chi connectivity index (χ0v) is 12.8. The van der Waals surface area contributed by atoms with Crippen molar-refractivity contribution in [2.75, 3.05) is 12.9 Å². The Morgan fingerprint density at radius 1 is 1.10 bits per heavy atom. The van der Waals surface area contributed by atoms with E-state index in [1.54, 1.807) is 18.9 Å². The largest absolute Gasteiger partial charge is 0.497 e. The molecule has 0 N–H and O–H groups in total. The molecule has 0 amide bonds. The van der Waals surface area contributed by atoms with Crippen LogP contribution in [-0.2, 0) is 0 Å². The minimum Gasteiger partial charge on any atom is -0.497 e. The number of carbonyl (C=O) groups is 1. The van der Waals surface area contributed by atoms with E-state index >= 15 is 0 Å². The number of rotatable bonds is 5. The van der Waals surface area contributed by atoms with Gasteiger partial charge in [0, 0.05) is 10.5 Å². The number of hydrogen-bond acceptors (Lipinski definition) is 3. The summed E-state index contributed by atoms with van der Waals surface area (Å²) in [5.74, 6) is 1.39. The van der Waals surface area contributed by atoms with Gasteiger partial charge in [0.2, 0.25) is 0 Å². The number of aryl methyl sites for hydroxylation is 2. The third-order valence-corrected chi connectivity index (χ3v) is 4.36. The molecule has 0 aliphatic heterocycles. The molecule has 3 heteroatoms. The van der Waals surface area contributed by atoms with Crippen LogP contribution in [0.4, 0.5) is 0 Å². The first kappa shape index (κ1) is 14.7. The van der Waals surface area contributed by atoms with E-state index in [9.17, 15) is 4.79 Å².